The molecule has 0 atom stereocenters. The maximum absolute atomic E-state index is 12.6. The first-order chi connectivity index (χ1) is 15.6. The third-order valence-electron chi connectivity index (χ3n) is 6.30. The monoisotopic (exact) mass is 456 g/mol. The minimum Gasteiger partial charge on any atom is -0.490 e. The van der Waals surface area contributed by atoms with Crippen LogP contribution in [0.3, 0.4) is 0 Å². The van der Waals surface area contributed by atoms with Crippen molar-refractivity contribution < 1.29 is 18.7 Å². The average Bonchev–Trinajstić information content (AvgIpc) is 3.31. The molecular formula is C23H25ClN4O4. The van der Waals surface area contributed by atoms with Gasteiger partial charge in [0, 0.05) is 17.9 Å². The van der Waals surface area contributed by atoms with Crippen LogP contribution in [0.1, 0.15) is 73.9 Å². The van der Waals surface area contributed by atoms with E-state index >= 15 is 0 Å². The van der Waals surface area contributed by atoms with Crippen molar-refractivity contribution in [1.82, 2.24) is 15.5 Å². The molecule has 1 aromatic carbocycles. The molecule has 0 spiro atoms. The smallest absolute Gasteiger partial charge is 0.309 e. The van der Waals surface area contributed by atoms with Gasteiger partial charge in [0.15, 0.2) is 0 Å². The Morgan fingerprint density at radius 2 is 1.91 bits per heavy atom. The first kappa shape index (κ1) is 22.3. The van der Waals surface area contributed by atoms with Crippen molar-refractivity contribution in [2.24, 2.45) is 5.92 Å². The molecule has 1 aromatic heterocycles. The number of hydrogen-bond donors (Lipinski definition) is 1. The maximum Gasteiger partial charge on any atom is 0.309 e. The van der Waals surface area contributed by atoms with E-state index in [2.05, 4.69) is 20.4 Å². The Labute approximate surface area is 191 Å². The molecule has 1 N–H and O–H groups in total. The maximum atomic E-state index is 12.6. The van der Waals surface area contributed by atoms with Crippen LogP contribution in [0.5, 0.6) is 5.75 Å². The second-order valence-electron chi connectivity index (χ2n) is 8.48. The number of carbonyl (C=O) groups is 2. The van der Waals surface area contributed by atoms with E-state index in [0.717, 1.165) is 57.7 Å². The molecule has 9 heteroatoms. The van der Waals surface area contributed by atoms with E-state index in [1.54, 1.807) is 18.2 Å². The van der Waals surface area contributed by atoms with Crippen LogP contribution >= 0.6 is 11.6 Å². The number of nitrogens with one attached hydrogen (secondary N) is 1. The fourth-order valence-corrected chi connectivity index (χ4v) is 4.62. The zero-order valence-corrected chi connectivity index (χ0v) is 18.4. The van der Waals surface area contributed by atoms with Gasteiger partial charge in [-0.05, 0) is 63.5 Å². The summed E-state index contributed by atoms with van der Waals surface area (Å²) >= 11 is 6.08. The highest BCUT2D eigenvalue weighted by molar-refractivity contribution is 6.33. The lowest BCUT2D eigenvalue weighted by molar-refractivity contribution is -0.112. The Kier molecular flexibility index (Phi) is 7.05. The molecule has 0 aliphatic heterocycles. The molecule has 2 aromatic rings. The summed E-state index contributed by atoms with van der Waals surface area (Å²) in [7, 11) is 0. The molecule has 2 aliphatic carbocycles. The highest BCUT2D eigenvalue weighted by atomic mass is 35.5. The highest BCUT2D eigenvalue weighted by Crippen LogP contribution is 2.34. The van der Waals surface area contributed by atoms with E-state index < -0.39 is 0 Å². The largest absolute Gasteiger partial charge is 0.490 e. The summed E-state index contributed by atoms with van der Waals surface area (Å²) in [5.74, 6) is 1.01. The lowest BCUT2D eigenvalue weighted by Crippen LogP contribution is -2.39. The van der Waals surface area contributed by atoms with Crippen molar-refractivity contribution in [3.8, 4) is 5.75 Å². The average molecular weight is 457 g/mol. The molecule has 0 unspecified atom stereocenters. The Bertz CT molecular complexity index is 1000. The molecule has 1 amide bonds. The van der Waals surface area contributed by atoms with Gasteiger partial charge in [-0.25, -0.2) is 4.85 Å². The molecule has 0 saturated heterocycles. The van der Waals surface area contributed by atoms with Gasteiger partial charge in [-0.2, -0.15) is 0 Å². The Morgan fingerprint density at radius 1 is 1.16 bits per heavy atom. The Balaban J connectivity index is 1.24. The van der Waals surface area contributed by atoms with Crippen molar-refractivity contribution in [3.63, 3.8) is 0 Å². The molecule has 2 fully saturated rings. The molecule has 2 saturated carbocycles. The number of ether oxygens (including phenoxy) is 1. The van der Waals surface area contributed by atoms with Crippen LogP contribution in [0.25, 0.3) is 4.85 Å². The van der Waals surface area contributed by atoms with E-state index in [0.29, 0.717) is 22.4 Å². The van der Waals surface area contributed by atoms with Crippen LogP contribution in [0.4, 0.5) is 5.69 Å². The zero-order valence-electron chi connectivity index (χ0n) is 17.6. The lowest BCUT2D eigenvalue weighted by Gasteiger charge is -2.29. The van der Waals surface area contributed by atoms with Crippen LogP contribution in [0, 0.1) is 12.5 Å². The van der Waals surface area contributed by atoms with Gasteiger partial charge in [0.2, 0.25) is 11.6 Å². The van der Waals surface area contributed by atoms with Gasteiger partial charge in [0.25, 0.3) is 0 Å². The molecule has 168 valence electrons. The van der Waals surface area contributed by atoms with E-state index in [1.807, 2.05) is 0 Å². The molecule has 2 aliphatic rings. The number of benzene rings is 1. The fourth-order valence-electron chi connectivity index (χ4n) is 4.41. The number of hydrogen-bond acceptors (Lipinski definition) is 6. The van der Waals surface area contributed by atoms with Crippen molar-refractivity contribution in [1.29, 1.82) is 0 Å². The number of aromatic nitrogens is 2. The van der Waals surface area contributed by atoms with Crippen LogP contribution in [0.2, 0.25) is 5.02 Å². The number of amides is 1. The topological polar surface area (TPSA) is 98.7 Å². The van der Waals surface area contributed by atoms with Gasteiger partial charge >= 0.3 is 11.8 Å². The Hall–Kier alpha value is -2.92. The minimum atomic E-state index is -0.351. The first-order valence-electron chi connectivity index (χ1n) is 11.0. The predicted molar refractivity (Wildman–Crippen MR) is 117 cm³/mol. The quantitative estimate of drug-likeness (QED) is 0.492. The number of nitrogens with zero attached hydrogens (tertiary/aromatic N) is 3. The first-order valence-corrected chi connectivity index (χ1v) is 11.4. The summed E-state index contributed by atoms with van der Waals surface area (Å²) < 4.78 is 11.6. The summed E-state index contributed by atoms with van der Waals surface area (Å²) in [4.78, 5) is 26.8. The number of aldehydes is 1. The minimum absolute atomic E-state index is 0.00887. The molecule has 0 radical (unpaired) electrons. The second-order valence-corrected chi connectivity index (χ2v) is 8.89. The van der Waals surface area contributed by atoms with E-state index in [4.69, 9.17) is 27.3 Å². The molecular weight excluding hydrogens is 432 g/mol. The van der Waals surface area contributed by atoms with Gasteiger partial charge in [-0.3, -0.25) is 4.79 Å². The second kappa shape index (κ2) is 10.1. The van der Waals surface area contributed by atoms with Gasteiger partial charge in [-0.1, -0.05) is 17.7 Å². The van der Waals surface area contributed by atoms with E-state index in [1.165, 1.54) is 0 Å². The van der Waals surface area contributed by atoms with Gasteiger partial charge in [0.1, 0.15) is 12.0 Å². The van der Waals surface area contributed by atoms with Crippen LogP contribution in [-0.2, 0) is 4.79 Å². The molecule has 8 nitrogen and oxygen atoms in total. The lowest BCUT2D eigenvalue weighted by atomic mass is 9.83. The van der Waals surface area contributed by atoms with Crippen molar-refractivity contribution in [2.75, 3.05) is 0 Å². The Morgan fingerprint density at radius 3 is 2.56 bits per heavy atom. The molecule has 4 rings (SSSR count). The third kappa shape index (κ3) is 5.28. The summed E-state index contributed by atoms with van der Waals surface area (Å²) in [6, 6.07) is 5.10. The van der Waals surface area contributed by atoms with Crippen molar-refractivity contribution in [3.05, 3.63) is 46.4 Å². The summed E-state index contributed by atoms with van der Waals surface area (Å²) in [6.45, 7) is 7.05. The number of rotatable bonds is 6. The van der Waals surface area contributed by atoms with Crippen molar-refractivity contribution >= 4 is 29.5 Å². The SMILES string of the molecule is [C-]#[N+]c1ccc(OC2CCC(NC(=O)c3nnc(C4CCC(C=O)CC4)o3)CC2)cc1Cl. The number of carbonyl (C=O) groups excluding carboxylic acids is 2. The summed E-state index contributed by atoms with van der Waals surface area (Å²) in [6.07, 6.45) is 7.48. The molecule has 1 heterocycles. The third-order valence-corrected chi connectivity index (χ3v) is 6.60. The zero-order chi connectivity index (χ0) is 22.5. The fraction of sp³-hybridized carbons (Fsp3) is 0.522. The summed E-state index contributed by atoms with van der Waals surface area (Å²) in [5.41, 5.74) is 0.406. The number of halogens is 1. The normalized spacial score (nSPS) is 25.5. The standard InChI is InChI=1S/C23H25ClN4O4/c1-25-20-11-10-18(12-19(20)24)31-17-8-6-16(7-9-17)26-21(30)23-28-27-22(32-23)15-4-2-14(13-29)3-5-15/h10-17H,2-9H2,(H,26,30). The van der Waals surface area contributed by atoms with Crippen molar-refractivity contribution in [2.45, 2.75) is 69.4 Å². The van der Waals surface area contributed by atoms with Crippen LogP contribution in [0.15, 0.2) is 22.6 Å². The van der Waals surface area contributed by atoms with Gasteiger partial charge in [-0.15, -0.1) is 10.2 Å². The van der Waals surface area contributed by atoms with Crippen LogP contribution in [-0.4, -0.2) is 34.5 Å². The van der Waals surface area contributed by atoms with Gasteiger partial charge < -0.3 is 19.3 Å². The predicted octanol–water partition coefficient (Wildman–Crippen LogP) is 4.87. The molecule has 0 bridgehead atoms. The van der Waals surface area contributed by atoms with E-state index in [-0.39, 0.29) is 35.8 Å². The molecule has 32 heavy (non-hydrogen) atoms. The highest BCUT2D eigenvalue weighted by Gasteiger charge is 2.29. The van der Waals surface area contributed by atoms with E-state index in [9.17, 15) is 9.59 Å². The van der Waals surface area contributed by atoms with Gasteiger partial charge in [0.05, 0.1) is 17.7 Å². The van der Waals surface area contributed by atoms with Crippen LogP contribution < -0.4 is 10.1 Å². The summed E-state index contributed by atoms with van der Waals surface area (Å²) in [5, 5.41) is 11.4.